The van der Waals surface area contributed by atoms with Gasteiger partial charge in [-0.25, -0.2) is 0 Å². The van der Waals surface area contributed by atoms with Gasteiger partial charge in [0.05, 0.1) is 0 Å². The smallest absolute Gasteiger partial charge is 0.0487 e. The fraction of sp³-hybridized carbons (Fsp3) is 0.368. The summed E-state index contributed by atoms with van der Waals surface area (Å²) in [6.07, 6.45) is 2.50. The van der Waals surface area contributed by atoms with Crippen molar-refractivity contribution in [3.8, 4) is 0 Å². The van der Waals surface area contributed by atoms with E-state index in [1.165, 1.54) is 29.9 Å². The molecule has 0 unspecified atom stereocenters. The Labute approximate surface area is 131 Å². The Morgan fingerprint density at radius 3 is 2.76 bits per heavy atom. The molecule has 0 saturated carbocycles. The first kappa shape index (κ1) is 13.4. The molecule has 1 N–H and O–H groups in total. The molecule has 1 heterocycles. The first-order valence-electron chi connectivity index (χ1n) is 7.83. The second kappa shape index (κ2) is 5.51. The lowest BCUT2D eigenvalue weighted by Gasteiger charge is -2.41. The molecule has 2 aromatic carbocycles. The zero-order valence-electron chi connectivity index (χ0n) is 12.2. The Morgan fingerprint density at radius 1 is 1.05 bits per heavy atom. The van der Waals surface area contributed by atoms with Crippen molar-refractivity contribution >= 4 is 11.8 Å². The Balaban J connectivity index is 1.65. The molecule has 0 amide bonds. The second-order valence-corrected chi connectivity index (χ2v) is 7.34. The number of nitrogens with one attached hydrogen (secondary N) is 1. The molecular weight excluding hydrogens is 274 g/mol. The van der Waals surface area contributed by atoms with Gasteiger partial charge in [0.2, 0.25) is 0 Å². The van der Waals surface area contributed by atoms with Crippen LogP contribution in [0.15, 0.2) is 54.6 Å². The number of rotatable bonds is 3. The molecule has 21 heavy (non-hydrogen) atoms. The van der Waals surface area contributed by atoms with Crippen LogP contribution >= 0.6 is 11.8 Å². The lowest BCUT2D eigenvalue weighted by Crippen LogP contribution is -2.49. The zero-order valence-corrected chi connectivity index (χ0v) is 13.0. The predicted molar refractivity (Wildman–Crippen MR) is 90.5 cm³/mol. The van der Waals surface area contributed by atoms with E-state index < -0.39 is 0 Å². The second-order valence-electron chi connectivity index (χ2n) is 6.19. The fourth-order valence-corrected chi connectivity index (χ4v) is 5.30. The van der Waals surface area contributed by atoms with Gasteiger partial charge in [-0.1, -0.05) is 54.6 Å². The lowest BCUT2D eigenvalue weighted by atomic mass is 9.81. The normalized spacial score (nSPS) is 27.1. The van der Waals surface area contributed by atoms with Gasteiger partial charge in [0.25, 0.3) is 0 Å². The summed E-state index contributed by atoms with van der Waals surface area (Å²) >= 11 is 2.12. The Hall–Kier alpha value is -1.25. The summed E-state index contributed by atoms with van der Waals surface area (Å²) in [7, 11) is 0. The van der Waals surface area contributed by atoms with Gasteiger partial charge in [0.15, 0.2) is 0 Å². The van der Waals surface area contributed by atoms with Gasteiger partial charge in [-0.05, 0) is 47.0 Å². The predicted octanol–water partition coefficient (Wildman–Crippen LogP) is 3.98. The van der Waals surface area contributed by atoms with Crippen LogP contribution in [0.2, 0.25) is 0 Å². The molecule has 0 radical (unpaired) electrons. The molecule has 4 rings (SSSR count). The van der Waals surface area contributed by atoms with E-state index in [4.69, 9.17) is 0 Å². The average Bonchev–Trinajstić information content (AvgIpc) is 2.89. The van der Waals surface area contributed by atoms with Crippen molar-refractivity contribution in [3.63, 3.8) is 0 Å². The summed E-state index contributed by atoms with van der Waals surface area (Å²) in [5.74, 6) is 3.31. The van der Waals surface area contributed by atoms with Crippen molar-refractivity contribution < 1.29 is 0 Å². The molecular formula is C19H21NS. The van der Waals surface area contributed by atoms with E-state index in [9.17, 15) is 0 Å². The third-order valence-electron chi connectivity index (χ3n) is 5.07. The number of thioether (sulfide) groups is 1. The molecule has 0 aromatic heterocycles. The van der Waals surface area contributed by atoms with Crippen LogP contribution < -0.4 is 5.32 Å². The highest BCUT2D eigenvalue weighted by Gasteiger charge is 2.47. The van der Waals surface area contributed by atoms with Crippen LogP contribution in [-0.4, -0.2) is 11.5 Å². The van der Waals surface area contributed by atoms with E-state index in [1.807, 2.05) is 0 Å². The number of hydrogen-bond acceptors (Lipinski definition) is 2. The molecule has 0 bridgehead atoms. The van der Waals surface area contributed by atoms with Gasteiger partial charge in [-0.2, -0.15) is 11.8 Å². The van der Waals surface area contributed by atoms with E-state index in [0.29, 0.717) is 0 Å². The molecule has 2 aliphatic rings. The Kier molecular flexibility index (Phi) is 3.52. The van der Waals surface area contributed by atoms with Crippen molar-refractivity contribution in [1.29, 1.82) is 0 Å². The van der Waals surface area contributed by atoms with Crippen molar-refractivity contribution in [1.82, 2.24) is 5.32 Å². The van der Waals surface area contributed by atoms with E-state index >= 15 is 0 Å². The highest BCUT2D eigenvalue weighted by Crippen LogP contribution is 2.48. The van der Waals surface area contributed by atoms with Gasteiger partial charge < -0.3 is 5.32 Å². The van der Waals surface area contributed by atoms with E-state index in [1.54, 1.807) is 11.1 Å². The molecule has 2 heteroatoms. The summed E-state index contributed by atoms with van der Waals surface area (Å²) in [6.45, 7) is 0.969. The van der Waals surface area contributed by atoms with Gasteiger partial charge in [-0.15, -0.1) is 0 Å². The summed E-state index contributed by atoms with van der Waals surface area (Å²) in [6, 6.07) is 19.9. The standard InChI is InChI=1S/C19H21NS/c1-2-6-15(7-3-1)13-20-19-10-11-21-14-17(19)12-16-8-4-5-9-18(16)19/h1-9,17,20H,10-14H2/t17-,19-/m0/s1. The summed E-state index contributed by atoms with van der Waals surface area (Å²) in [4.78, 5) is 0. The monoisotopic (exact) mass is 295 g/mol. The molecule has 2 atom stereocenters. The average molecular weight is 295 g/mol. The summed E-state index contributed by atoms with van der Waals surface area (Å²) < 4.78 is 0. The van der Waals surface area contributed by atoms with Gasteiger partial charge >= 0.3 is 0 Å². The zero-order chi connectivity index (χ0) is 14.1. The quantitative estimate of drug-likeness (QED) is 0.919. The molecule has 2 aromatic rings. The maximum Gasteiger partial charge on any atom is 0.0487 e. The highest BCUT2D eigenvalue weighted by atomic mass is 32.2. The third kappa shape index (κ3) is 2.31. The van der Waals surface area contributed by atoms with E-state index in [0.717, 1.165) is 12.5 Å². The minimum Gasteiger partial charge on any atom is -0.303 e. The number of fused-ring (bicyclic) bond motifs is 3. The van der Waals surface area contributed by atoms with Crippen molar-refractivity contribution in [3.05, 3.63) is 71.3 Å². The minimum absolute atomic E-state index is 0.206. The minimum atomic E-state index is 0.206. The van der Waals surface area contributed by atoms with Gasteiger partial charge in [0, 0.05) is 12.1 Å². The maximum atomic E-state index is 3.96. The van der Waals surface area contributed by atoms with Crippen LogP contribution in [0.4, 0.5) is 0 Å². The highest BCUT2D eigenvalue weighted by molar-refractivity contribution is 7.99. The Bertz CT molecular complexity index is 624. The fourth-order valence-electron chi connectivity index (χ4n) is 3.98. The molecule has 1 aliphatic heterocycles. The topological polar surface area (TPSA) is 12.0 Å². The maximum absolute atomic E-state index is 3.96. The molecule has 1 saturated heterocycles. The first-order valence-corrected chi connectivity index (χ1v) is 8.99. The third-order valence-corrected chi connectivity index (χ3v) is 6.20. The van der Waals surface area contributed by atoms with Crippen molar-refractivity contribution in [2.45, 2.75) is 24.9 Å². The molecule has 1 nitrogen and oxygen atoms in total. The van der Waals surface area contributed by atoms with Gasteiger partial charge in [-0.3, -0.25) is 0 Å². The van der Waals surface area contributed by atoms with Crippen LogP contribution in [0.3, 0.4) is 0 Å². The van der Waals surface area contributed by atoms with Crippen LogP contribution in [0, 0.1) is 5.92 Å². The van der Waals surface area contributed by atoms with Crippen molar-refractivity contribution in [2.24, 2.45) is 5.92 Å². The van der Waals surface area contributed by atoms with E-state index in [-0.39, 0.29) is 5.54 Å². The van der Waals surface area contributed by atoms with Crippen molar-refractivity contribution in [2.75, 3.05) is 11.5 Å². The van der Waals surface area contributed by atoms with Crippen LogP contribution in [0.25, 0.3) is 0 Å². The Morgan fingerprint density at radius 2 is 1.86 bits per heavy atom. The lowest BCUT2D eigenvalue weighted by molar-refractivity contribution is 0.233. The SMILES string of the molecule is c1ccc(CN[C@@]23CCSC[C@@H]2Cc2ccccc23)cc1. The van der Waals surface area contributed by atoms with E-state index in [2.05, 4.69) is 71.7 Å². The first-order chi connectivity index (χ1) is 10.4. The molecule has 0 spiro atoms. The van der Waals surface area contributed by atoms with Crippen LogP contribution in [0.5, 0.6) is 0 Å². The van der Waals surface area contributed by atoms with Gasteiger partial charge in [0.1, 0.15) is 0 Å². The molecule has 1 aliphatic carbocycles. The number of hydrogen-bond donors (Lipinski definition) is 1. The molecule has 1 fully saturated rings. The number of benzene rings is 2. The largest absolute Gasteiger partial charge is 0.303 e. The summed E-state index contributed by atoms with van der Waals surface area (Å²) in [5, 5.41) is 3.96. The van der Waals surface area contributed by atoms with Crippen LogP contribution in [-0.2, 0) is 18.5 Å². The molecule has 108 valence electrons. The summed E-state index contributed by atoms with van der Waals surface area (Å²) in [5.41, 5.74) is 4.71. The van der Waals surface area contributed by atoms with Crippen LogP contribution in [0.1, 0.15) is 23.1 Å².